The van der Waals surface area contributed by atoms with Crippen LogP contribution in [0.15, 0.2) is 89.8 Å². The lowest BCUT2D eigenvalue weighted by Crippen LogP contribution is -2.21. The van der Waals surface area contributed by atoms with E-state index in [1.165, 1.54) is 0 Å². The van der Waals surface area contributed by atoms with Crippen LogP contribution in [0.4, 0.5) is 11.4 Å². The highest BCUT2D eigenvalue weighted by atomic mass is 32.2. The number of aryl methyl sites for hydroxylation is 1. The number of hydrogen-bond acceptors (Lipinski definition) is 4. The van der Waals surface area contributed by atoms with Crippen LogP contribution in [0.2, 0.25) is 0 Å². The molecule has 6 heteroatoms. The molecular weight excluding hydrogens is 432 g/mol. The van der Waals surface area contributed by atoms with Crippen molar-refractivity contribution in [2.45, 2.75) is 11.8 Å². The normalized spacial score (nSPS) is 10.6. The summed E-state index contributed by atoms with van der Waals surface area (Å²) >= 11 is 1.60. The Morgan fingerprint density at radius 2 is 1.58 bits per heavy atom. The van der Waals surface area contributed by atoms with Gasteiger partial charge in [0.2, 0.25) is 0 Å². The molecule has 0 heterocycles. The molecule has 2 amide bonds. The van der Waals surface area contributed by atoms with Crippen LogP contribution in [0.1, 0.15) is 15.9 Å². The van der Waals surface area contributed by atoms with Crippen molar-refractivity contribution in [1.82, 2.24) is 0 Å². The van der Waals surface area contributed by atoms with Crippen molar-refractivity contribution in [2.75, 3.05) is 23.5 Å². The maximum atomic E-state index is 13.1. The summed E-state index contributed by atoms with van der Waals surface area (Å²) in [6, 6.07) is 26.5. The molecule has 0 radical (unpaired) electrons. The third-order valence-electron chi connectivity index (χ3n) is 5.20. The Balaban J connectivity index is 1.56. The Hall–Kier alpha value is -3.77. The molecule has 5 nitrogen and oxygen atoms in total. The standard InChI is InChI=1S/C27H24N2O3S/c1-18-8-3-6-13-24(18)29-27(31)23-14-19-9-4-5-10-20(19)15-25(23)32-17-26(30)28-21-11-7-12-22(16-21)33-2/h3-16H,17H2,1-2H3,(H,28,30)(H,29,31). The van der Waals surface area contributed by atoms with Gasteiger partial charge >= 0.3 is 0 Å². The molecule has 166 valence electrons. The van der Waals surface area contributed by atoms with Gasteiger partial charge < -0.3 is 15.4 Å². The molecule has 33 heavy (non-hydrogen) atoms. The molecule has 4 aromatic rings. The minimum absolute atomic E-state index is 0.216. The highest BCUT2D eigenvalue weighted by Crippen LogP contribution is 2.28. The molecule has 0 bridgehead atoms. The Labute approximate surface area is 197 Å². The number of fused-ring (bicyclic) bond motifs is 1. The predicted octanol–water partition coefficient (Wildman–Crippen LogP) is 6.14. The highest BCUT2D eigenvalue weighted by molar-refractivity contribution is 7.98. The lowest BCUT2D eigenvalue weighted by molar-refractivity contribution is -0.118. The molecule has 0 atom stereocenters. The molecular formula is C27H24N2O3S. The topological polar surface area (TPSA) is 67.4 Å². The minimum atomic E-state index is -0.299. The lowest BCUT2D eigenvalue weighted by atomic mass is 10.0. The van der Waals surface area contributed by atoms with E-state index in [0.29, 0.717) is 17.0 Å². The van der Waals surface area contributed by atoms with Crippen molar-refractivity contribution in [3.05, 3.63) is 96.1 Å². The van der Waals surface area contributed by atoms with Gasteiger partial charge in [-0.25, -0.2) is 0 Å². The van der Waals surface area contributed by atoms with Gasteiger partial charge in [-0.15, -0.1) is 11.8 Å². The Morgan fingerprint density at radius 3 is 2.33 bits per heavy atom. The Morgan fingerprint density at radius 1 is 0.848 bits per heavy atom. The van der Waals surface area contributed by atoms with E-state index in [1.807, 2.05) is 86.0 Å². The third-order valence-corrected chi connectivity index (χ3v) is 5.92. The number of anilines is 2. The second kappa shape index (κ2) is 10.2. The summed E-state index contributed by atoms with van der Waals surface area (Å²) in [5.74, 6) is -0.238. The molecule has 0 spiro atoms. The smallest absolute Gasteiger partial charge is 0.262 e. The SMILES string of the molecule is CSc1cccc(NC(=O)COc2cc3ccccc3cc2C(=O)Nc2ccccc2C)c1. The molecule has 4 aromatic carbocycles. The molecule has 0 fully saturated rings. The van der Waals surface area contributed by atoms with Crippen molar-refractivity contribution in [3.63, 3.8) is 0 Å². The van der Waals surface area contributed by atoms with E-state index >= 15 is 0 Å². The highest BCUT2D eigenvalue weighted by Gasteiger charge is 2.16. The summed E-state index contributed by atoms with van der Waals surface area (Å²) in [4.78, 5) is 26.7. The van der Waals surface area contributed by atoms with Crippen molar-refractivity contribution < 1.29 is 14.3 Å². The van der Waals surface area contributed by atoms with Crippen molar-refractivity contribution >= 4 is 45.7 Å². The first kappa shape index (κ1) is 22.4. The summed E-state index contributed by atoms with van der Waals surface area (Å²) in [6.07, 6.45) is 1.98. The molecule has 0 aliphatic carbocycles. The number of nitrogens with one attached hydrogen (secondary N) is 2. The fraction of sp³-hybridized carbons (Fsp3) is 0.111. The average Bonchev–Trinajstić information content (AvgIpc) is 2.83. The van der Waals surface area contributed by atoms with E-state index in [1.54, 1.807) is 23.9 Å². The number of ether oxygens (including phenoxy) is 1. The van der Waals surface area contributed by atoms with E-state index in [4.69, 9.17) is 4.74 Å². The van der Waals surface area contributed by atoms with E-state index < -0.39 is 0 Å². The molecule has 0 aromatic heterocycles. The zero-order chi connectivity index (χ0) is 23.2. The van der Waals surface area contributed by atoms with Gasteiger partial charge in [0, 0.05) is 16.3 Å². The van der Waals surface area contributed by atoms with E-state index in [-0.39, 0.29) is 18.4 Å². The molecule has 4 rings (SSSR count). The van der Waals surface area contributed by atoms with E-state index in [0.717, 1.165) is 26.9 Å². The van der Waals surface area contributed by atoms with Crippen LogP contribution in [0.5, 0.6) is 5.75 Å². The van der Waals surface area contributed by atoms with Crippen LogP contribution >= 0.6 is 11.8 Å². The molecule has 2 N–H and O–H groups in total. The van der Waals surface area contributed by atoms with Gasteiger partial charge in [0.25, 0.3) is 11.8 Å². The van der Waals surface area contributed by atoms with Crippen LogP contribution in [-0.4, -0.2) is 24.7 Å². The van der Waals surface area contributed by atoms with Crippen molar-refractivity contribution in [2.24, 2.45) is 0 Å². The van der Waals surface area contributed by atoms with Crippen LogP contribution in [0.25, 0.3) is 10.8 Å². The summed E-state index contributed by atoms with van der Waals surface area (Å²) < 4.78 is 5.85. The number of para-hydroxylation sites is 1. The van der Waals surface area contributed by atoms with Crippen LogP contribution in [0.3, 0.4) is 0 Å². The van der Waals surface area contributed by atoms with Crippen molar-refractivity contribution in [1.29, 1.82) is 0 Å². The van der Waals surface area contributed by atoms with Gasteiger partial charge in [0.05, 0.1) is 5.56 Å². The minimum Gasteiger partial charge on any atom is -0.483 e. The van der Waals surface area contributed by atoms with Gasteiger partial charge in [0.1, 0.15) is 5.75 Å². The molecule has 0 saturated heterocycles. The van der Waals surface area contributed by atoms with Gasteiger partial charge in [0.15, 0.2) is 6.61 Å². The monoisotopic (exact) mass is 456 g/mol. The van der Waals surface area contributed by atoms with E-state index in [9.17, 15) is 9.59 Å². The summed E-state index contributed by atoms with van der Waals surface area (Å²) in [5, 5.41) is 7.63. The maximum Gasteiger partial charge on any atom is 0.262 e. The maximum absolute atomic E-state index is 13.1. The number of rotatable bonds is 7. The Kier molecular flexibility index (Phi) is 6.95. The average molecular weight is 457 g/mol. The fourth-order valence-corrected chi connectivity index (χ4v) is 3.92. The first-order valence-corrected chi connectivity index (χ1v) is 11.7. The van der Waals surface area contributed by atoms with Gasteiger partial charge in [-0.3, -0.25) is 9.59 Å². The van der Waals surface area contributed by atoms with Crippen LogP contribution in [0, 0.1) is 6.92 Å². The fourth-order valence-electron chi connectivity index (χ4n) is 3.46. The number of carbonyl (C=O) groups excluding carboxylic acids is 2. The molecule has 0 aliphatic heterocycles. The second-order valence-electron chi connectivity index (χ2n) is 7.53. The number of benzene rings is 4. The number of amides is 2. The first-order chi connectivity index (χ1) is 16.0. The van der Waals surface area contributed by atoms with Crippen LogP contribution in [-0.2, 0) is 4.79 Å². The van der Waals surface area contributed by atoms with Gasteiger partial charge in [-0.05, 0) is 65.9 Å². The van der Waals surface area contributed by atoms with Crippen LogP contribution < -0.4 is 15.4 Å². The molecule has 0 saturated carbocycles. The quantitative estimate of drug-likeness (QED) is 0.328. The largest absolute Gasteiger partial charge is 0.483 e. The lowest BCUT2D eigenvalue weighted by Gasteiger charge is -2.14. The summed E-state index contributed by atoms with van der Waals surface area (Å²) in [7, 11) is 0. The zero-order valence-electron chi connectivity index (χ0n) is 18.4. The number of thioether (sulfide) groups is 1. The summed E-state index contributed by atoms with van der Waals surface area (Å²) in [6.45, 7) is 1.72. The van der Waals surface area contributed by atoms with Gasteiger partial charge in [-0.2, -0.15) is 0 Å². The number of carbonyl (C=O) groups is 2. The predicted molar refractivity (Wildman–Crippen MR) is 135 cm³/mol. The van der Waals surface area contributed by atoms with E-state index in [2.05, 4.69) is 10.6 Å². The first-order valence-electron chi connectivity index (χ1n) is 10.5. The third kappa shape index (κ3) is 5.54. The zero-order valence-corrected chi connectivity index (χ0v) is 19.2. The number of hydrogen-bond donors (Lipinski definition) is 2. The molecule has 0 unspecified atom stereocenters. The van der Waals surface area contributed by atoms with Gasteiger partial charge in [-0.1, -0.05) is 48.5 Å². The van der Waals surface area contributed by atoms with Crippen molar-refractivity contribution in [3.8, 4) is 5.75 Å². The second-order valence-corrected chi connectivity index (χ2v) is 8.41. The molecule has 0 aliphatic rings. The Bertz CT molecular complexity index is 1320. The summed E-state index contributed by atoms with van der Waals surface area (Å²) in [5.41, 5.74) is 2.76.